The Hall–Kier alpha value is -2.22. The zero-order valence-electron chi connectivity index (χ0n) is 16.0. The van der Waals surface area contributed by atoms with E-state index in [9.17, 15) is 4.79 Å². The van der Waals surface area contributed by atoms with Crippen molar-refractivity contribution in [3.05, 3.63) is 63.9 Å². The van der Waals surface area contributed by atoms with Crippen molar-refractivity contribution in [3.8, 4) is 5.75 Å². The van der Waals surface area contributed by atoms with Crippen LogP contribution in [0.15, 0.2) is 47.6 Å². The van der Waals surface area contributed by atoms with Gasteiger partial charge in [-0.3, -0.25) is 4.79 Å². The summed E-state index contributed by atoms with van der Waals surface area (Å²) in [6.07, 6.45) is 0. The number of aryl methyl sites for hydroxylation is 1. The van der Waals surface area contributed by atoms with Gasteiger partial charge >= 0.3 is 0 Å². The highest BCUT2D eigenvalue weighted by Crippen LogP contribution is 2.22. The van der Waals surface area contributed by atoms with Crippen molar-refractivity contribution in [2.45, 2.75) is 32.2 Å². The van der Waals surface area contributed by atoms with Crippen LogP contribution in [0.3, 0.4) is 0 Å². The number of carbonyl (C=O) groups is 1. The minimum atomic E-state index is -0.120. The van der Waals surface area contributed by atoms with Crippen LogP contribution in [-0.4, -0.2) is 26.4 Å². The molecule has 1 N–H and O–H groups in total. The molecule has 0 spiro atoms. The van der Waals surface area contributed by atoms with Gasteiger partial charge in [-0.15, -0.1) is 10.2 Å². The lowest BCUT2D eigenvalue weighted by atomic mass is 10.2. The third kappa shape index (κ3) is 5.88. The van der Waals surface area contributed by atoms with Gasteiger partial charge in [0.15, 0.2) is 11.0 Å². The third-order valence-corrected chi connectivity index (χ3v) is 5.54. The van der Waals surface area contributed by atoms with Gasteiger partial charge in [-0.1, -0.05) is 35.0 Å². The number of benzene rings is 2. The number of nitrogens with zero attached hydrogens (tertiary/aromatic N) is 3. The van der Waals surface area contributed by atoms with Crippen molar-refractivity contribution >= 4 is 46.6 Å². The van der Waals surface area contributed by atoms with Gasteiger partial charge in [-0.25, -0.2) is 0 Å². The summed E-state index contributed by atoms with van der Waals surface area (Å²) in [6, 6.07) is 12.5. The Morgan fingerprint density at radius 2 is 1.86 bits per heavy atom. The summed E-state index contributed by atoms with van der Waals surface area (Å²) in [6.45, 7) is 4.84. The third-order valence-electron chi connectivity index (χ3n) is 4.09. The Labute approximate surface area is 183 Å². The van der Waals surface area contributed by atoms with E-state index >= 15 is 0 Å². The van der Waals surface area contributed by atoms with Crippen LogP contribution in [-0.2, 0) is 17.9 Å². The van der Waals surface area contributed by atoms with E-state index in [-0.39, 0.29) is 18.3 Å². The normalized spacial score (nSPS) is 10.8. The van der Waals surface area contributed by atoms with Gasteiger partial charge in [0.1, 0.15) is 12.4 Å². The van der Waals surface area contributed by atoms with Crippen molar-refractivity contribution in [2.75, 3.05) is 11.1 Å². The molecule has 0 atom stereocenters. The Morgan fingerprint density at radius 1 is 1.14 bits per heavy atom. The molecule has 0 aliphatic carbocycles. The first-order valence-corrected chi connectivity index (χ1v) is 10.7. The standard InChI is InChI=1S/C20H20Cl2N4O2S/c1-3-26-18(11-28-16-7-4-14(21)5-8-16)24-25-20(26)29-12-19(27)23-17-9-6-15(22)10-13(17)2/h4-10H,3,11-12H2,1-2H3,(H,23,27). The molecule has 3 aromatic rings. The van der Waals surface area contributed by atoms with Gasteiger partial charge in [0.25, 0.3) is 0 Å². The molecule has 1 heterocycles. The second-order valence-electron chi connectivity index (χ2n) is 6.18. The van der Waals surface area contributed by atoms with E-state index < -0.39 is 0 Å². The summed E-state index contributed by atoms with van der Waals surface area (Å²) in [7, 11) is 0. The molecule has 0 saturated heterocycles. The number of carbonyl (C=O) groups excluding carboxylic acids is 1. The molecule has 2 aromatic carbocycles. The molecular weight excluding hydrogens is 431 g/mol. The van der Waals surface area contributed by atoms with Gasteiger partial charge in [0, 0.05) is 22.3 Å². The van der Waals surface area contributed by atoms with Crippen LogP contribution in [0.2, 0.25) is 10.0 Å². The van der Waals surface area contributed by atoms with Crippen molar-refractivity contribution in [2.24, 2.45) is 0 Å². The second kappa shape index (κ2) is 10.0. The lowest BCUT2D eigenvalue weighted by molar-refractivity contribution is -0.113. The zero-order valence-corrected chi connectivity index (χ0v) is 18.3. The van der Waals surface area contributed by atoms with Gasteiger partial charge in [-0.2, -0.15) is 0 Å². The number of halogens is 2. The van der Waals surface area contributed by atoms with E-state index in [1.807, 2.05) is 24.5 Å². The van der Waals surface area contributed by atoms with Gasteiger partial charge in [0.05, 0.1) is 5.75 Å². The topological polar surface area (TPSA) is 69.0 Å². The van der Waals surface area contributed by atoms with Crippen LogP contribution < -0.4 is 10.1 Å². The summed E-state index contributed by atoms with van der Waals surface area (Å²) in [5.74, 6) is 1.49. The van der Waals surface area contributed by atoms with Gasteiger partial charge in [-0.05, 0) is 61.9 Å². The molecule has 0 bridgehead atoms. The predicted molar refractivity (Wildman–Crippen MR) is 117 cm³/mol. The monoisotopic (exact) mass is 450 g/mol. The van der Waals surface area contributed by atoms with Crippen LogP contribution in [0.25, 0.3) is 0 Å². The number of ether oxygens (including phenoxy) is 1. The molecule has 0 radical (unpaired) electrons. The fourth-order valence-corrected chi connectivity index (χ4v) is 3.79. The van der Waals surface area contributed by atoms with E-state index in [0.717, 1.165) is 11.3 Å². The van der Waals surface area contributed by atoms with E-state index in [4.69, 9.17) is 27.9 Å². The average Bonchev–Trinajstić information content (AvgIpc) is 3.10. The van der Waals surface area contributed by atoms with Crippen molar-refractivity contribution in [1.82, 2.24) is 14.8 Å². The summed E-state index contributed by atoms with van der Waals surface area (Å²) in [5.41, 5.74) is 1.66. The van der Waals surface area contributed by atoms with Crippen molar-refractivity contribution in [1.29, 1.82) is 0 Å². The zero-order chi connectivity index (χ0) is 20.8. The summed E-state index contributed by atoms with van der Waals surface area (Å²) >= 11 is 13.2. The molecule has 3 rings (SSSR count). The fourth-order valence-electron chi connectivity index (χ4n) is 2.61. The molecule has 0 aliphatic heterocycles. The van der Waals surface area contributed by atoms with E-state index in [1.54, 1.807) is 36.4 Å². The minimum absolute atomic E-state index is 0.120. The quantitative estimate of drug-likeness (QED) is 0.476. The molecule has 1 amide bonds. The Kier molecular flexibility index (Phi) is 7.41. The SMILES string of the molecule is CCn1c(COc2ccc(Cl)cc2)nnc1SCC(=O)Nc1ccc(Cl)cc1C. The smallest absolute Gasteiger partial charge is 0.234 e. The highest BCUT2D eigenvalue weighted by molar-refractivity contribution is 7.99. The van der Waals surface area contributed by atoms with Gasteiger partial charge < -0.3 is 14.6 Å². The molecule has 0 aliphatic rings. The largest absolute Gasteiger partial charge is 0.486 e. The fraction of sp³-hybridized carbons (Fsp3) is 0.250. The molecule has 0 unspecified atom stereocenters. The van der Waals surface area contributed by atoms with E-state index in [2.05, 4.69) is 15.5 Å². The molecular formula is C20H20Cl2N4O2S. The lowest BCUT2D eigenvalue weighted by Crippen LogP contribution is -2.15. The van der Waals surface area contributed by atoms with Gasteiger partial charge in [0.2, 0.25) is 5.91 Å². The second-order valence-corrected chi connectivity index (χ2v) is 8.00. The molecule has 1 aromatic heterocycles. The first kappa shape index (κ1) is 21.5. The number of thioether (sulfide) groups is 1. The summed E-state index contributed by atoms with van der Waals surface area (Å²) < 4.78 is 7.68. The lowest BCUT2D eigenvalue weighted by Gasteiger charge is -2.10. The highest BCUT2D eigenvalue weighted by atomic mass is 35.5. The molecule has 6 nitrogen and oxygen atoms in total. The summed E-state index contributed by atoms with van der Waals surface area (Å²) in [4.78, 5) is 12.3. The molecule has 0 saturated carbocycles. The average molecular weight is 451 g/mol. The van der Waals surface area contributed by atoms with Crippen LogP contribution in [0.1, 0.15) is 18.3 Å². The molecule has 29 heavy (non-hydrogen) atoms. The predicted octanol–water partition coefficient (Wildman–Crippen LogP) is 5.22. The number of nitrogens with one attached hydrogen (secondary N) is 1. The Morgan fingerprint density at radius 3 is 2.55 bits per heavy atom. The Bertz CT molecular complexity index is 993. The Balaban J connectivity index is 1.58. The highest BCUT2D eigenvalue weighted by Gasteiger charge is 2.14. The van der Waals surface area contributed by atoms with Crippen LogP contribution >= 0.6 is 35.0 Å². The maximum Gasteiger partial charge on any atom is 0.234 e. The first-order chi connectivity index (χ1) is 14.0. The number of hydrogen-bond donors (Lipinski definition) is 1. The van der Waals surface area contributed by atoms with Crippen LogP contribution in [0, 0.1) is 6.92 Å². The number of aromatic nitrogens is 3. The van der Waals surface area contributed by atoms with Crippen LogP contribution in [0.5, 0.6) is 5.75 Å². The maximum atomic E-state index is 12.3. The number of amides is 1. The maximum absolute atomic E-state index is 12.3. The van der Waals surface area contributed by atoms with Crippen molar-refractivity contribution < 1.29 is 9.53 Å². The molecule has 0 fully saturated rings. The number of rotatable bonds is 8. The number of anilines is 1. The van der Waals surface area contributed by atoms with Crippen molar-refractivity contribution in [3.63, 3.8) is 0 Å². The van der Waals surface area contributed by atoms with E-state index in [1.165, 1.54) is 11.8 Å². The number of hydrogen-bond acceptors (Lipinski definition) is 5. The van der Waals surface area contributed by atoms with Crippen LogP contribution in [0.4, 0.5) is 5.69 Å². The molecule has 9 heteroatoms. The molecule has 152 valence electrons. The summed E-state index contributed by atoms with van der Waals surface area (Å²) in [5, 5.41) is 13.3. The first-order valence-electron chi connectivity index (χ1n) is 8.95. The minimum Gasteiger partial charge on any atom is -0.486 e. The van der Waals surface area contributed by atoms with E-state index in [0.29, 0.717) is 33.3 Å².